The molecule has 0 aromatic carbocycles. The Bertz CT molecular complexity index is 359. The molecule has 0 bridgehead atoms. The van der Waals surface area contributed by atoms with E-state index in [0.717, 1.165) is 43.6 Å². The van der Waals surface area contributed by atoms with E-state index in [0.29, 0.717) is 0 Å². The molecule has 0 saturated heterocycles. The van der Waals surface area contributed by atoms with E-state index in [4.69, 9.17) is 0 Å². The first-order valence-corrected chi connectivity index (χ1v) is 5.95. The molecule has 3 nitrogen and oxygen atoms in total. The van der Waals surface area contributed by atoms with Gasteiger partial charge in [0.05, 0.1) is 5.60 Å². The molecule has 1 aliphatic carbocycles. The fourth-order valence-electron chi connectivity index (χ4n) is 2.49. The second-order valence-electron chi connectivity index (χ2n) is 4.94. The monoisotopic (exact) mass is 220 g/mol. The standard InChI is InChI=1S/C13H20N2O/c1-11-9-12(5-8-14-11)15(2)10-13(16)6-3-4-7-13/h5,8-9,16H,3-4,6-7,10H2,1-2H3. The van der Waals surface area contributed by atoms with E-state index in [9.17, 15) is 5.11 Å². The van der Waals surface area contributed by atoms with Crippen molar-refractivity contribution in [2.24, 2.45) is 0 Å². The first-order valence-electron chi connectivity index (χ1n) is 5.95. The zero-order chi connectivity index (χ0) is 11.6. The predicted octanol–water partition coefficient (Wildman–Crippen LogP) is 2.13. The number of aromatic nitrogens is 1. The molecule has 0 amide bonds. The van der Waals surface area contributed by atoms with Gasteiger partial charge in [0.25, 0.3) is 0 Å². The lowest BCUT2D eigenvalue weighted by molar-refractivity contribution is 0.0559. The van der Waals surface area contributed by atoms with Crippen LogP contribution in [0.15, 0.2) is 18.3 Å². The number of anilines is 1. The third-order valence-corrected chi connectivity index (χ3v) is 3.39. The van der Waals surface area contributed by atoms with Crippen LogP contribution in [0.4, 0.5) is 5.69 Å². The molecule has 16 heavy (non-hydrogen) atoms. The van der Waals surface area contributed by atoms with Crippen LogP contribution in [0.25, 0.3) is 0 Å². The lowest BCUT2D eigenvalue weighted by Crippen LogP contribution is -2.39. The number of pyridine rings is 1. The minimum Gasteiger partial charge on any atom is -0.388 e. The maximum Gasteiger partial charge on any atom is 0.0821 e. The van der Waals surface area contributed by atoms with Crippen molar-refractivity contribution in [1.82, 2.24) is 4.98 Å². The van der Waals surface area contributed by atoms with Crippen molar-refractivity contribution >= 4 is 5.69 Å². The summed E-state index contributed by atoms with van der Waals surface area (Å²) >= 11 is 0. The fraction of sp³-hybridized carbons (Fsp3) is 0.615. The number of rotatable bonds is 3. The van der Waals surface area contributed by atoms with Crippen LogP contribution < -0.4 is 4.90 Å². The van der Waals surface area contributed by atoms with Crippen LogP contribution in [-0.2, 0) is 0 Å². The Kier molecular flexibility index (Phi) is 3.15. The van der Waals surface area contributed by atoms with Gasteiger partial charge in [-0.3, -0.25) is 4.98 Å². The molecule has 1 aliphatic rings. The van der Waals surface area contributed by atoms with Crippen LogP contribution in [0.2, 0.25) is 0 Å². The third kappa shape index (κ3) is 2.53. The first kappa shape index (κ1) is 11.4. The Morgan fingerprint density at radius 2 is 2.12 bits per heavy atom. The summed E-state index contributed by atoms with van der Waals surface area (Å²) in [5.74, 6) is 0. The second kappa shape index (κ2) is 4.42. The number of hydrogen-bond acceptors (Lipinski definition) is 3. The predicted molar refractivity (Wildman–Crippen MR) is 65.7 cm³/mol. The van der Waals surface area contributed by atoms with Gasteiger partial charge in [0.1, 0.15) is 0 Å². The summed E-state index contributed by atoms with van der Waals surface area (Å²) in [7, 11) is 2.03. The average molecular weight is 220 g/mol. The molecule has 3 heteroatoms. The van der Waals surface area contributed by atoms with E-state index in [-0.39, 0.29) is 0 Å². The van der Waals surface area contributed by atoms with Crippen molar-refractivity contribution < 1.29 is 5.11 Å². The summed E-state index contributed by atoms with van der Waals surface area (Å²) in [6.45, 7) is 2.71. The summed E-state index contributed by atoms with van der Waals surface area (Å²) in [4.78, 5) is 6.31. The Labute approximate surface area is 97.1 Å². The van der Waals surface area contributed by atoms with Crippen molar-refractivity contribution in [1.29, 1.82) is 0 Å². The zero-order valence-electron chi connectivity index (χ0n) is 10.1. The van der Waals surface area contributed by atoms with E-state index in [2.05, 4.69) is 16.0 Å². The summed E-state index contributed by atoms with van der Waals surface area (Å²) in [5, 5.41) is 10.3. The Morgan fingerprint density at radius 1 is 1.44 bits per heavy atom. The Morgan fingerprint density at radius 3 is 2.75 bits per heavy atom. The first-order chi connectivity index (χ1) is 7.59. The van der Waals surface area contributed by atoms with Gasteiger partial charge in [-0.15, -0.1) is 0 Å². The molecular weight excluding hydrogens is 200 g/mol. The number of likely N-dealkylation sites (N-methyl/N-ethyl adjacent to an activating group) is 1. The van der Waals surface area contributed by atoms with Crippen LogP contribution in [0.1, 0.15) is 31.4 Å². The molecule has 1 fully saturated rings. The highest BCUT2D eigenvalue weighted by Crippen LogP contribution is 2.31. The van der Waals surface area contributed by atoms with Gasteiger partial charge in [0.2, 0.25) is 0 Å². The van der Waals surface area contributed by atoms with E-state index < -0.39 is 5.60 Å². The highest BCUT2D eigenvalue weighted by molar-refractivity contribution is 5.45. The van der Waals surface area contributed by atoms with Gasteiger partial charge in [0, 0.05) is 31.2 Å². The number of aryl methyl sites for hydroxylation is 1. The molecule has 1 aromatic rings. The highest BCUT2D eigenvalue weighted by Gasteiger charge is 2.32. The van der Waals surface area contributed by atoms with Gasteiger partial charge in [-0.25, -0.2) is 0 Å². The van der Waals surface area contributed by atoms with E-state index >= 15 is 0 Å². The lowest BCUT2D eigenvalue weighted by atomic mass is 10.0. The number of hydrogen-bond donors (Lipinski definition) is 1. The molecule has 0 aliphatic heterocycles. The van der Waals surface area contributed by atoms with Crippen LogP contribution in [-0.4, -0.2) is 29.3 Å². The molecule has 88 valence electrons. The molecule has 0 unspecified atom stereocenters. The largest absolute Gasteiger partial charge is 0.388 e. The number of aliphatic hydroxyl groups is 1. The fourth-order valence-corrected chi connectivity index (χ4v) is 2.49. The smallest absolute Gasteiger partial charge is 0.0821 e. The van der Waals surface area contributed by atoms with Crippen molar-refractivity contribution in [2.45, 2.75) is 38.2 Å². The summed E-state index contributed by atoms with van der Waals surface area (Å²) in [5.41, 5.74) is 1.67. The van der Waals surface area contributed by atoms with E-state index in [1.54, 1.807) is 0 Å². The quantitative estimate of drug-likeness (QED) is 0.847. The Hall–Kier alpha value is -1.09. The van der Waals surface area contributed by atoms with Crippen LogP contribution >= 0.6 is 0 Å². The van der Waals surface area contributed by atoms with Gasteiger partial charge in [-0.2, -0.15) is 0 Å². The molecule has 0 atom stereocenters. The van der Waals surface area contributed by atoms with Gasteiger partial charge in [-0.1, -0.05) is 12.8 Å². The molecule has 2 rings (SSSR count). The summed E-state index contributed by atoms with van der Waals surface area (Å²) in [6.07, 6.45) is 5.99. The second-order valence-corrected chi connectivity index (χ2v) is 4.94. The Balaban J connectivity index is 2.05. The van der Waals surface area contributed by atoms with Gasteiger partial charge in [-0.05, 0) is 31.9 Å². The summed E-state index contributed by atoms with van der Waals surface area (Å²) in [6, 6.07) is 4.05. The minimum atomic E-state index is -0.480. The zero-order valence-corrected chi connectivity index (χ0v) is 10.1. The van der Waals surface area contributed by atoms with E-state index in [1.807, 2.05) is 26.2 Å². The lowest BCUT2D eigenvalue weighted by Gasteiger charge is -2.30. The van der Waals surface area contributed by atoms with E-state index in [1.165, 1.54) is 0 Å². The van der Waals surface area contributed by atoms with Crippen LogP contribution in [0.3, 0.4) is 0 Å². The molecule has 0 spiro atoms. The molecule has 1 heterocycles. The highest BCUT2D eigenvalue weighted by atomic mass is 16.3. The topological polar surface area (TPSA) is 36.4 Å². The van der Waals surface area contributed by atoms with Crippen LogP contribution in [0, 0.1) is 6.92 Å². The minimum absolute atomic E-state index is 0.480. The normalized spacial score (nSPS) is 18.7. The average Bonchev–Trinajstić information content (AvgIpc) is 2.65. The molecule has 0 radical (unpaired) electrons. The van der Waals surface area contributed by atoms with Gasteiger partial charge in [0.15, 0.2) is 0 Å². The summed E-state index contributed by atoms with van der Waals surface area (Å²) < 4.78 is 0. The molecule has 1 N–H and O–H groups in total. The number of nitrogens with zero attached hydrogens (tertiary/aromatic N) is 2. The molecule has 1 saturated carbocycles. The SMILES string of the molecule is Cc1cc(N(C)CC2(O)CCCC2)ccn1. The molecule has 1 aromatic heterocycles. The van der Waals surface area contributed by atoms with Crippen molar-refractivity contribution in [3.63, 3.8) is 0 Å². The van der Waals surface area contributed by atoms with Crippen molar-refractivity contribution in [3.05, 3.63) is 24.0 Å². The maximum atomic E-state index is 10.3. The van der Waals surface area contributed by atoms with Gasteiger partial charge >= 0.3 is 0 Å². The van der Waals surface area contributed by atoms with Crippen LogP contribution in [0.5, 0.6) is 0 Å². The third-order valence-electron chi connectivity index (χ3n) is 3.39. The van der Waals surface area contributed by atoms with Crippen molar-refractivity contribution in [2.75, 3.05) is 18.5 Å². The molecular formula is C13H20N2O. The maximum absolute atomic E-state index is 10.3. The van der Waals surface area contributed by atoms with Crippen molar-refractivity contribution in [3.8, 4) is 0 Å². The van der Waals surface area contributed by atoms with Gasteiger partial charge < -0.3 is 10.0 Å².